The maximum absolute atomic E-state index is 13.4. The van der Waals surface area contributed by atoms with Crippen LogP contribution in [0.1, 0.15) is 31.5 Å². The molecule has 0 saturated carbocycles. The summed E-state index contributed by atoms with van der Waals surface area (Å²) >= 11 is 0. The summed E-state index contributed by atoms with van der Waals surface area (Å²) in [4.78, 5) is 28.3. The SMILES string of the molecule is NC(=O)C(CCCN1CCCC(F)(F)C1)(NC=O)c1nc[nH]n1. The molecule has 0 spiro atoms. The third kappa shape index (κ3) is 4.01. The summed E-state index contributed by atoms with van der Waals surface area (Å²) in [5, 5.41) is 8.67. The highest BCUT2D eigenvalue weighted by Gasteiger charge is 2.42. The van der Waals surface area contributed by atoms with Gasteiger partial charge in [-0.2, -0.15) is 5.10 Å². The Morgan fingerprint density at radius 3 is 2.96 bits per heavy atom. The number of H-pyrrole nitrogens is 1. The Labute approximate surface area is 131 Å². The van der Waals surface area contributed by atoms with E-state index in [4.69, 9.17) is 5.73 Å². The van der Waals surface area contributed by atoms with Crippen LogP contribution in [-0.4, -0.2) is 58.0 Å². The number of hydrogen-bond donors (Lipinski definition) is 3. The van der Waals surface area contributed by atoms with Crippen LogP contribution in [-0.2, 0) is 15.1 Å². The van der Waals surface area contributed by atoms with Gasteiger partial charge in [-0.15, -0.1) is 0 Å². The van der Waals surface area contributed by atoms with Crippen molar-refractivity contribution in [2.24, 2.45) is 5.73 Å². The zero-order chi connectivity index (χ0) is 16.9. The predicted octanol–water partition coefficient (Wildman–Crippen LogP) is -0.257. The Morgan fingerprint density at radius 1 is 1.61 bits per heavy atom. The van der Waals surface area contributed by atoms with E-state index in [-0.39, 0.29) is 25.2 Å². The van der Waals surface area contributed by atoms with Gasteiger partial charge in [0.1, 0.15) is 6.33 Å². The highest BCUT2D eigenvalue weighted by atomic mass is 19.3. The van der Waals surface area contributed by atoms with Crippen LogP contribution in [0.5, 0.6) is 0 Å². The standard InChI is InChI=1S/C13H20F2N6O2/c14-12(15)3-1-5-21(7-12)6-2-4-13(10(16)23,18-9-22)11-17-8-19-20-11/h8-9H,1-7H2,(H2,16,23)(H,18,22)(H,17,19,20). The van der Waals surface area contributed by atoms with Crippen LogP contribution in [0, 0.1) is 0 Å². The number of aromatic nitrogens is 3. The normalized spacial score (nSPS) is 20.6. The summed E-state index contributed by atoms with van der Waals surface area (Å²) in [6.45, 7) is 0.662. The number of halogens is 2. The van der Waals surface area contributed by atoms with Gasteiger partial charge >= 0.3 is 0 Å². The van der Waals surface area contributed by atoms with E-state index in [0.29, 0.717) is 32.3 Å². The van der Waals surface area contributed by atoms with E-state index in [1.807, 2.05) is 0 Å². The van der Waals surface area contributed by atoms with Crippen LogP contribution in [0.15, 0.2) is 6.33 Å². The first kappa shape index (κ1) is 17.3. The van der Waals surface area contributed by atoms with Crippen LogP contribution >= 0.6 is 0 Å². The van der Waals surface area contributed by atoms with Gasteiger partial charge in [0, 0.05) is 6.42 Å². The second kappa shape index (κ2) is 6.99. The lowest BCUT2D eigenvalue weighted by Gasteiger charge is -2.33. The lowest BCUT2D eigenvalue weighted by Crippen LogP contribution is -2.53. The van der Waals surface area contributed by atoms with Gasteiger partial charge in [-0.25, -0.2) is 13.8 Å². The maximum Gasteiger partial charge on any atom is 0.260 e. The summed E-state index contributed by atoms with van der Waals surface area (Å²) < 4.78 is 26.8. The van der Waals surface area contributed by atoms with E-state index in [0.717, 1.165) is 0 Å². The first-order chi connectivity index (χ1) is 10.9. The molecule has 1 unspecified atom stereocenters. The van der Waals surface area contributed by atoms with Crippen molar-refractivity contribution in [3.63, 3.8) is 0 Å². The van der Waals surface area contributed by atoms with Crippen molar-refractivity contribution in [1.29, 1.82) is 0 Å². The minimum absolute atomic E-state index is 0.0566. The Morgan fingerprint density at radius 2 is 2.39 bits per heavy atom. The number of hydrogen-bond acceptors (Lipinski definition) is 5. The number of carbonyl (C=O) groups is 2. The molecule has 1 aromatic heterocycles. The zero-order valence-corrected chi connectivity index (χ0v) is 12.6. The molecule has 23 heavy (non-hydrogen) atoms. The summed E-state index contributed by atoms with van der Waals surface area (Å²) in [5.41, 5.74) is 3.88. The van der Waals surface area contributed by atoms with E-state index in [1.54, 1.807) is 4.90 Å². The van der Waals surface area contributed by atoms with Gasteiger partial charge in [0.15, 0.2) is 11.4 Å². The minimum Gasteiger partial charge on any atom is -0.367 e. The number of carbonyl (C=O) groups excluding carboxylic acids is 2. The number of nitrogens with zero attached hydrogens (tertiary/aromatic N) is 3. The van der Waals surface area contributed by atoms with Crippen LogP contribution in [0.4, 0.5) is 8.78 Å². The third-order valence-corrected chi connectivity index (χ3v) is 4.02. The van der Waals surface area contributed by atoms with Gasteiger partial charge < -0.3 is 11.1 Å². The second-order valence-corrected chi connectivity index (χ2v) is 5.69. The molecule has 4 N–H and O–H groups in total. The Kier molecular flexibility index (Phi) is 5.24. The molecule has 2 heterocycles. The van der Waals surface area contributed by atoms with Gasteiger partial charge in [0.2, 0.25) is 6.41 Å². The predicted molar refractivity (Wildman–Crippen MR) is 76.3 cm³/mol. The summed E-state index contributed by atoms with van der Waals surface area (Å²) in [6.07, 6.45) is 2.47. The van der Waals surface area contributed by atoms with Crippen molar-refractivity contribution in [2.45, 2.75) is 37.1 Å². The van der Waals surface area contributed by atoms with Crippen molar-refractivity contribution in [2.75, 3.05) is 19.6 Å². The van der Waals surface area contributed by atoms with Crippen LogP contribution in [0.3, 0.4) is 0 Å². The highest BCUT2D eigenvalue weighted by Crippen LogP contribution is 2.28. The first-order valence-electron chi connectivity index (χ1n) is 7.37. The lowest BCUT2D eigenvalue weighted by atomic mass is 9.91. The molecule has 1 fully saturated rings. The van der Waals surface area contributed by atoms with Gasteiger partial charge in [0.05, 0.1) is 6.54 Å². The van der Waals surface area contributed by atoms with E-state index in [9.17, 15) is 18.4 Å². The number of rotatable bonds is 8. The third-order valence-electron chi connectivity index (χ3n) is 4.02. The number of primary amides is 1. The van der Waals surface area contributed by atoms with Crippen molar-refractivity contribution in [3.05, 3.63) is 12.2 Å². The van der Waals surface area contributed by atoms with E-state index < -0.39 is 17.4 Å². The fraction of sp³-hybridized carbons (Fsp3) is 0.692. The number of likely N-dealkylation sites (tertiary alicyclic amines) is 1. The molecule has 2 rings (SSSR count). The number of piperidine rings is 1. The van der Waals surface area contributed by atoms with Crippen LogP contribution in [0.2, 0.25) is 0 Å². The van der Waals surface area contributed by atoms with Crippen molar-refractivity contribution < 1.29 is 18.4 Å². The number of aromatic amines is 1. The van der Waals surface area contributed by atoms with Crippen LogP contribution < -0.4 is 11.1 Å². The van der Waals surface area contributed by atoms with Gasteiger partial charge in [0.25, 0.3) is 11.8 Å². The Balaban J connectivity index is 2.01. The van der Waals surface area contributed by atoms with Gasteiger partial charge in [-0.3, -0.25) is 19.6 Å². The summed E-state index contributed by atoms with van der Waals surface area (Å²) in [7, 11) is 0. The number of nitrogens with one attached hydrogen (secondary N) is 2. The van der Waals surface area contributed by atoms with E-state index in [1.165, 1.54) is 6.33 Å². The topological polar surface area (TPSA) is 117 Å². The van der Waals surface area contributed by atoms with Crippen molar-refractivity contribution in [3.8, 4) is 0 Å². The monoisotopic (exact) mass is 330 g/mol. The molecule has 8 nitrogen and oxygen atoms in total. The lowest BCUT2D eigenvalue weighted by molar-refractivity contribution is -0.128. The average Bonchev–Trinajstić information content (AvgIpc) is 2.99. The summed E-state index contributed by atoms with van der Waals surface area (Å²) in [6, 6.07) is 0. The molecule has 128 valence electrons. The zero-order valence-electron chi connectivity index (χ0n) is 12.6. The fourth-order valence-corrected chi connectivity index (χ4v) is 2.87. The largest absolute Gasteiger partial charge is 0.367 e. The molecule has 0 bridgehead atoms. The van der Waals surface area contributed by atoms with E-state index >= 15 is 0 Å². The number of amides is 2. The van der Waals surface area contributed by atoms with Crippen molar-refractivity contribution >= 4 is 12.3 Å². The smallest absolute Gasteiger partial charge is 0.260 e. The molecule has 0 radical (unpaired) electrons. The molecule has 10 heteroatoms. The molecular formula is C13H20F2N6O2. The van der Waals surface area contributed by atoms with Crippen molar-refractivity contribution in [1.82, 2.24) is 25.4 Å². The molecule has 0 aliphatic carbocycles. The van der Waals surface area contributed by atoms with Gasteiger partial charge in [-0.1, -0.05) is 0 Å². The quantitative estimate of drug-likeness (QED) is 0.568. The molecule has 1 aliphatic heterocycles. The second-order valence-electron chi connectivity index (χ2n) is 5.69. The Bertz CT molecular complexity index is 539. The molecule has 1 aliphatic rings. The molecular weight excluding hydrogens is 310 g/mol. The molecule has 1 aromatic rings. The first-order valence-corrected chi connectivity index (χ1v) is 7.37. The maximum atomic E-state index is 13.4. The fourth-order valence-electron chi connectivity index (χ4n) is 2.87. The minimum atomic E-state index is -2.68. The molecule has 1 saturated heterocycles. The highest BCUT2D eigenvalue weighted by molar-refractivity contribution is 5.87. The molecule has 2 amide bonds. The summed E-state index contributed by atoms with van der Waals surface area (Å²) in [5.74, 6) is -3.42. The average molecular weight is 330 g/mol. The van der Waals surface area contributed by atoms with Gasteiger partial charge in [-0.05, 0) is 32.4 Å². The van der Waals surface area contributed by atoms with Crippen LogP contribution in [0.25, 0.3) is 0 Å². The number of alkyl halides is 2. The van der Waals surface area contributed by atoms with E-state index in [2.05, 4.69) is 20.5 Å². The molecule has 0 aromatic carbocycles. The Hall–Kier alpha value is -2.10. The number of nitrogens with two attached hydrogens (primary N) is 1. The molecule has 1 atom stereocenters.